The summed E-state index contributed by atoms with van der Waals surface area (Å²) in [7, 11) is 0. The molecule has 0 aliphatic rings. The van der Waals surface area contributed by atoms with Gasteiger partial charge in [0.2, 0.25) is 0 Å². The van der Waals surface area contributed by atoms with Crippen LogP contribution in [0.15, 0.2) is 48.5 Å². The van der Waals surface area contributed by atoms with E-state index in [2.05, 4.69) is 15.9 Å². The van der Waals surface area contributed by atoms with Crippen LogP contribution in [0.4, 0.5) is 0 Å². The lowest BCUT2D eigenvalue weighted by Gasteiger charge is -2.16. The van der Waals surface area contributed by atoms with Crippen LogP contribution < -0.4 is 0 Å². The monoisotopic (exact) mass is 390 g/mol. The van der Waals surface area contributed by atoms with Crippen molar-refractivity contribution in [3.8, 4) is 0 Å². The number of carbonyl (C=O) groups is 2. The molecule has 4 nitrogen and oxygen atoms in total. The second-order valence-corrected chi connectivity index (χ2v) is 6.87. The third-order valence-electron chi connectivity index (χ3n) is 3.10. The average molecular weight is 391 g/mol. The first-order valence-corrected chi connectivity index (χ1v) is 8.62. The number of alkyl halides is 1. The van der Waals surface area contributed by atoms with E-state index in [0.717, 1.165) is 10.9 Å². The summed E-state index contributed by atoms with van der Waals surface area (Å²) in [6, 6.07) is 13.7. The summed E-state index contributed by atoms with van der Waals surface area (Å²) in [5.41, 5.74) is 1.74. The fourth-order valence-corrected chi connectivity index (χ4v) is 2.28. The van der Waals surface area contributed by atoms with E-state index in [0.29, 0.717) is 11.1 Å². The van der Waals surface area contributed by atoms with Gasteiger partial charge in [-0.3, -0.25) is 9.68 Å². The summed E-state index contributed by atoms with van der Waals surface area (Å²) < 4.78 is 0. The number of hydrogen-bond acceptors (Lipinski definition) is 4. The van der Waals surface area contributed by atoms with Gasteiger partial charge < -0.3 is 0 Å². The molecule has 0 amide bonds. The molecule has 0 bridgehead atoms. The van der Waals surface area contributed by atoms with Gasteiger partial charge in [0.05, 0.1) is 5.56 Å². The first-order chi connectivity index (χ1) is 11.3. The fraction of sp³-hybridized carbons (Fsp3) is 0.263. The molecule has 0 N–H and O–H groups in total. The second kappa shape index (κ2) is 7.73. The van der Waals surface area contributed by atoms with Gasteiger partial charge in [0.15, 0.2) is 5.78 Å². The summed E-state index contributed by atoms with van der Waals surface area (Å²) in [4.78, 5) is 34.4. The molecule has 5 heteroatoms. The quantitative estimate of drug-likeness (QED) is 0.321. The number of ketones is 1. The van der Waals surface area contributed by atoms with Crippen molar-refractivity contribution in [1.82, 2.24) is 0 Å². The predicted octanol–water partition coefficient (Wildman–Crippen LogP) is 4.70. The maximum Gasteiger partial charge on any atom is 0.373 e. The van der Waals surface area contributed by atoms with Crippen LogP contribution in [-0.4, -0.2) is 17.4 Å². The van der Waals surface area contributed by atoms with Gasteiger partial charge in [-0.05, 0) is 38.5 Å². The minimum Gasteiger partial charge on any atom is -0.292 e. The molecule has 0 aliphatic carbocycles. The molecular formula is C19H19BrO4. The van der Waals surface area contributed by atoms with Crippen LogP contribution in [0.25, 0.3) is 0 Å². The Labute approximate surface area is 149 Å². The molecule has 2 aromatic carbocycles. The third-order valence-corrected chi connectivity index (χ3v) is 3.75. The molecule has 0 aromatic heterocycles. The lowest BCUT2D eigenvalue weighted by Crippen LogP contribution is -2.22. The van der Waals surface area contributed by atoms with Crippen LogP contribution in [0.3, 0.4) is 0 Å². The van der Waals surface area contributed by atoms with E-state index < -0.39 is 11.6 Å². The highest BCUT2D eigenvalue weighted by Gasteiger charge is 2.18. The van der Waals surface area contributed by atoms with Gasteiger partial charge >= 0.3 is 5.97 Å². The SMILES string of the molecule is CC(C)(C)OOC(=O)c1cccc(C(=O)c2ccc(CBr)cc2)c1. The second-order valence-electron chi connectivity index (χ2n) is 6.31. The molecule has 0 spiro atoms. The Bertz CT molecular complexity index is 730. The Morgan fingerprint density at radius 3 is 2.17 bits per heavy atom. The summed E-state index contributed by atoms with van der Waals surface area (Å²) in [5.74, 6) is -0.781. The normalized spacial score (nSPS) is 11.2. The molecule has 0 heterocycles. The van der Waals surface area contributed by atoms with E-state index >= 15 is 0 Å². The maximum absolute atomic E-state index is 12.5. The van der Waals surface area contributed by atoms with Crippen molar-refractivity contribution in [2.75, 3.05) is 0 Å². The fourth-order valence-electron chi connectivity index (χ4n) is 1.91. The Morgan fingerprint density at radius 1 is 0.958 bits per heavy atom. The number of benzene rings is 2. The molecule has 2 rings (SSSR count). The zero-order valence-electron chi connectivity index (χ0n) is 13.8. The smallest absolute Gasteiger partial charge is 0.292 e. The predicted molar refractivity (Wildman–Crippen MR) is 95.2 cm³/mol. The largest absolute Gasteiger partial charge is 0.373 e. The van der Waals surface area contributed by atoms with E-state index in [1.54, 1.807) is 51.1 Å². The number of carbonyl (C=O) groups excluding carboxylic acids is 2. The highest BCUT2D eigenvalue weighted by Crippen LogP contribution is 2.16. The zero-order valence-corrected chi connectivity index (χ0v) is 15.4. The Kier molecular flexibility index (Phi) is 5.91. The third kappa shape index (κ3) is 5.01. The van der Waals surface area contributed by atoms with E-state index in [1.165, 1.54) is 6.07 Å². The molecule has 0 saturated carbocycles. The Morgan fingerprint density at radius 2 is 1.58 bits per heavy atom. The van der Waals surface area contributed by atoms with Gasteiger partial charge in [-0.2, -0.15) is 4.89 Å². The van der Waals surface area contributed by atoms with Crippen molar-refractivity contribution < 1.29 is 19.4 Å². The molecule has 0 saturated heterocycles. The minimum absolute atomic E-state index is 0.150. The van der Waals surface area contributed by atoms with Gasteiger partial charge in [-0.1, -0.05) is 52.3 Å². The lowest BCUT2D eigenvalue weighted by molar-refractivity contribution is -0.301. The van der Waals surface area contributed by atoms with E-state index in [-0.39, 0.29) is 11.3 Å². The summed E-state index contributed by atoms with van der Waals surface area (Å²) >= 11 is 3.37. The van der Waals surface area contributed by atoms with Crippen molar-refractivity contribution in [2.24, 2.45) is 0 Å². The van der Waals surface area contributed by atoms with E-state index in [4.69, 9.17) is 9.78 Å². The number of rotatable bonds is 5. The highest BCUT2D eigenvalue weighted by molar-refractivity contribution is 9.08. The summed E-state index contributed by atoms with van der Waals surface area (Å²) in [6.45, 7) is 5.32. The topological polar surface area (TPSA) is 52.6 Å². The Balaban J connectivity index is 2.16. The summed E-state index contributed by atoms with van der Waals surface area (Å²) in [6.07, 6.45) is 0. The van der Waals surface area contributed by atoms with Crippen molar-refractivity contribution >= 4 is 27.7 Å². The molecule has 0 aliphatic heterocycles. The molecule has 0 unspecified atom stereocenters. The molecular weight excluding hydrogens is 372 g/mol. The molecule has 0 atom stereocenters. The number of hydrogen-bond donors (Lipinski definition) is 0. The van der Waals surface area contributed by atoms with Crippen molar-refractivity contribution in [2.45, 2.75) is 31.7 Å². The van der Waals surface area contributed by atoms with Gasteiger partial charge in [-0.15, -0.1) is 0 Å². The van der Waals surface area contributed by atoms with E-state index in [1.807, 2.05) is 12.1 Å². The molecule has 0 radical (unpaired) electrons. The Hall–Kier alpha value is -1.98. The molecule has 0 fully saturated rings. The van der Waals surface area contributed by atoms with Crippen LogP contribution in [0, 0.1) is 0 Å². The zero-order chi connectivity index (χ0) is 17.7. The highest BCUT2D eigenvalue weighted by atomic mass is 79.9. The van der Waals surface area contributed by atoms with Crippen molar-refractivity contribution in [1.29, 1.82) is 0 Å². The van der Waals surface area contributed by atoms with Crippen molar-refractivity contribution in [3.05, 3.63) is 70.8 Å². The maximum atomic E-state index is 12.5. The lowest BCUT2D eigenvalue weighted by atomic mass is 10.0. The molecule has 126 valence electrons. The van der Waals surface area contributed by atoms with Crippen LogP contribution >= 0.6 is 15.9 Å². The number of halogens is 1. The van der Waals surface area contributed by atoms with Crippen LogP contribution in [0.1, 0.15) is 52.6 Å². The first-order valence-electron chi connectivity index (χ1n) is 7.50. The first kappa shape index (κ1) is 18.4. The molecule has 2 aromatic rings. The van der Waals surface area contributed by atoms with Gasteiger partial charge in [0, 0.05) is 16.5 Å². The summed E-state index contributed by atoms with van der Waals surface area (Å²) in [5, 5.41) is 0.733. The van der Waals surface area contributed by atoms with Gasteiger partial charge in [0.1, 0.15) is 5.60 Å². The van der Waals surface area contributed by atoms with Crippen LogP contribution in [-0.2, 0) is 15.1 Å². The van der Waals surface area contributed by atoms with Crippen molar-refractivity contribution in [3.63, 3.8) is 0 Å². The minimum atomic E-state index is -0.630. The standard InChI is InChI=1S/C19H19BrO4/c1-19(2,3)24-23-18(22)16-6-4-5-15(11-16)17(21)14-9-7-13(12-20)8-10-14/h4-11H,12H2,1-3H3. The molecule has 24 heavy (non-hydrogen) atoms. The average Bonchev–Trinajstić information content (AvgIpc) is 2.58. The van der Waals surface area contributed by atoms with Crippen LogP contribution in [0.5, 0.6) is 0 Å². The van der Waals surface area contributed by atoms with Gasteiger partial charge in [-0.25, -0.2) is 4.79 Å². The van der Waals surface area contributed by atoms with Crippen LogP contribution in [0.2, 0.25) is 0 Å². The van der Waals surface area contributed by atoms with E-state index in [9.17, 15) is 9.59 Å². The van der Waals surface area contributed by atoms with Gasteiger partial charge in [0.25, 0.3) is 0 Å².